The van der Waals surface area contributed by atoms with E-state index in [1.165, 1.54) is 40.6 Å². The first-order chi connectivity index (χ1) is 9.22. The quantitative estimate of drug-likeness (QED) is 0.888. The van der Waals surface area contributed by atoms with Gasteiger partial charge in [-0.2, -0.15) is 0 Å². The van der Waals surface area contributed by atoms with Crippen LogP contribution in [0.5, 0.6) is 5.75 Å². The maximum atomic E-state index is 5.41. The van der Waals surface area contributed by atoms with Gasteiger partial charge in [-0.1, -0.05) is 0 Å². The van der Waals surface area contributed by atoms with Gasteiger partial charge in [-0.15, -0.1) is 0 Å². The summed E-state index contributed by atoms with van der Waals surface area (Å²) in [6, 6.07) is 4.29. The van der Waals surface area contributed by atoms with Crippen molar-refractivity contribution in [2.75, 3.05) is 20.7 Å². The van der Waals surface area contributed by atoms with Crippen LogP contribution < -0.4 is 10.1 Å². The van der Waals surface area contributed by atoms with Gasteiger partial charge in [-0.05, 0) is 69.0 Å². The van der Waals surface area contributed by atoms with Crippen LogP contribution in [0.25, 0.3) is 10.9 Å². The van der Waals surface area contributed by atoms with E-state index in [1.807, 2.05) is 7.05 Å². The van der Waals surface area contributed by atoms with Gasteiger partial charge in [0, 0.05) is 16.6 Å². The Bertz CT molecular complexity index is 600. The number of aromatic nitrogens is 1. The average molecular weight is 258 g/mol. The number of rotatable bonds is 3. The number of H-pyrrole nitrogens is 1. The second-order valence-corrected chi connectivity index (χ2v) is 5.62. The molecule has 3 rings (SSSR count). The smallest absolute Gasteiger partial charge is 0.119 e. The molecule has 0 saturated heterocycles. The van der Waals surface area contributed by atoms with E-state index in [2.05, 4.69) is 29.4 Å². The Morgan fingerprint density at radius 2 is 2.26 bits per heavy atom. The molecule has 1 aromatic heterocycles. The lowest BCUT2D eigenvalue weighted by Crippen LogP contribution is -2.24. The molecule has 1 atom stereocenters. The molecule has 0 amide bonds. The summed E-state index contributed by atoms with van der Waals surface area (Å²) in [6.45, 7) is 3.26. The second-order valence-electron chi connectivity index (χ2n) is 5.62. The molecular formula is C16H22N2O. The zero-order valence-electron chi connectivity index (χ0n) is 12.0. The molecule has 2 N–H and O–H groups in total. The van der Waals surface area contributed by atoms with Gasteiger partial charge in [0.1, 0.15) is 5.75 Å². The molecule has 1 aliphatic carbocycles. The van der Waals surface area contributed by atoms with Gasteiger partial charge in [0.2, 0.25) is 0 Å². The van der Waals surface area contributed by atoms with Gasteiger partial charge in [0.15, 0.2) is 0 Å². The molecule has 0 aliphatic heterocycles. The van der Waals surface area contributed by atoms with E-state index in [9.17, 15) is 0 Å². The third-order valence-corrected chi connectivity index (χ3v) is 4.30. The van der Waals surface area contributed by atoms with Crippen LogP contribution in [0.2, 0.25) is 0 Å². The van der Waals surface area contributed by atoms with Crippen molar-refractivity contribution in [2.45, 2.75) is 26.2 Å². The zero-order chi connectivity index (χ0) is 13.4. The maximum absolute atomic E-state index is 5.41. The van der Waals surface area contributed by atoms with E-state index < -0.39 is 0 Å². The molecule has 19 heavy (non-hydrogen) atoms. The SMILES string of the molecule is CNCC1CCc2[nH]c3c(C)cc(OC)cc3c2C1. The third kappa shape index (κ3) is 2.12. The molecule has 3 heteroatoms. The lowest BCUT2D eigenvalue weighted by molar-refractivity contribution is 0.415. The standard InChI is InChI=1S/C16H22N2O/c1-10-6-12(19-3)8-14-13-7-11(9-17-2)4-5-15(13)18-16(10)14/h6,8,11,17-18H,4-5,7,9H2,1-3H3. The first-order valence-electron chi connectivity index (χ1n) is 7.05. The Morgan fingerprint density at radius 3 is 3.00 bits per heavy atom. The first-order valence-corrected chi connectivity index (χ1v) is 7.05. The van der Waals surface area contributed by atoms with Crippen LogP contribution in [0, 0.1) is 12.8 Å². The highest BCUT2D eigenvalue weighted by atomic mass is 16.5. The van der Waals surface area contributed by atoms with Crippen LogP contribution in [0.1, 0.15) is 23.2 Å². The van der Waals surface area contributed by atoms with Gasteiger partial charge in [-0.25, -0.2) is 0 Å². The van der Waals surface area contributed by atoms with Crippen LogP contribution in [0.3, 0.4) is 0 Å². The summed E-state index contributed by atoms with van der Waals surface area (Å²) >= 11 is 0. The number of hydrogen-bond acceptors (Lipinski definition) is 2. The number of benzene rings is 1. The molecule has 1 aromatic carbocycles. The van der Waals surface area contributed by atoms with Gasteiger partial charge in [0.05, 0.1) is 7.11 Å². The summed E-state index contributed by atoms with van der Waals surface area (Å²) in [7, 11) is 3.78. The Morgan fingerprint density at radius 1 is 1.42 bits per heavy atom. The summed E-state index contributed by atoms with van der Waals surface area (Å²) in [5.74, 6) is 1.71. The van der Waals surface area contributed by atoms with Crippen molar-refractivity contribution in [3.8, 4) is 5.75 Å². The van der Waals surface area contributed by atoms with Gasteiger partial charge >= 0.3 is 0 Å². The largest absolute Gasteiger partial charge is 0.497 e. The topological polar surface area (TPSA) is 37.0 Å². The maximum Gasteiger partial charge on any atom is 0.119 e. The molecule has 0 saturated carbocycles. The van der Waals surface area contributed by atoms with E-state index in [0.717, 1.165) is 24.6 Å². The molecule has 1 aliphatic rings. The molecule has 0 radical (unpaired) electrons. The molecule has 3 nitrogen and oxygen atoms in total. The predicted octanol–water partition coefficient (Wildman–Crippen LogP) is 2.81. The Kier molecular flexibility index (Phi) is 3.23. The highest BCUT2D eigenvalue weighted by Gasteiger charge is 2.22. The molecule has 0 fully saturated rings. The molecule has 102 valence electrons. The van der Waals surface area contributed by atoms with Crippen LogP contribution >= 0.6 is 0 Å². The van der Waals surface area contributed by atoms with Gasteiger partial charge in [-0.3, -0.25) is 0 Å². The summed E-state index contributed by atoms with van der Waals surface area (Å²) < 4.78 is 5.41. The van der Waals surface area contributed by atoms with E-state index in [-0.39, 0.29) is 0 Å². The van der Waals surface area contributed by atoms with Gasteiger partial charge < -0.3 is 15.0 Å². The number of hydrogen-bond donors (Lipinski definition) is 2. The Hall–Kier alpha value is -1.48. The van der Waals surface area contributed by atoms with Crippen molar-refractivity contribution in [1.29, 1.82) is 0 Å². The van der Waals surface area contributed by atoms with Crippen molar-refractivity contribution < 1.29 is 4.74 Å². The number of aryl methyl sites for hydroxylation is 2. The Balaban J connectivity index is 2.09. The summed E-state index contributed by atoms with van der Waals surface area (Å²) in [4.78, 5) is 3.62. The number of nitrogens with one attached hydrogen (secondary N) is 2. The van der Waals surface area contributed by atoms with Crippen LogP contribution in [0.4, 0.5) is 0 Å². The van der Waals surface area contributed by atoms with Crippen LogP contribution in [0.15, 0.2) is 12.1 Å². The first kappa shape index (κ1) is 12.5. The lowest BCUT2D eigenvalue weighted by atomic mass is 9.86. The van der Waals surface area contributed by atoms with Crippen molar-refractivity contribution in [2.24, 2.45) is 5.92 Å². The fraction of sp³-hybridized carbons (Fsp3) is 0.500. The molecule has 2 aromatic rings. The number of methoxy groups -OCH3 is 1. The summed E-state index contributed by atoms with van der Waals surface area (Å²) in [5, 5.41) is 4.66. The van der Waals surface area contributed by atoms with Crippen LogP contribution in [-0.2, 0) is 12.8 Å². The normalized spacial score (nSPS) is 18.6. The monoisotopic (exact) mass is 258 g/mol. The third-order valence-electron chi connectivity index (χ3n) is 4.30. The fourth-order valence-electron chi connectivity index (χ4n) is 3.31. The highest BCUT2D eigenvalue weighted by Crippen LogP contribution is 2.35. The highest BCUT2D eigenvalue weighted by molar-refractivity contribution is 5.89. The number of ether oxygens (including phenoxy) is 1. The average Bonchev–Trinajstić information content (AvgIpc) is 2.78. The van der Waals surface area contributed by atoms with E-state index in [1.54, 1.807) is 7.11 Å². The lowest BCUT2D eigenvalue weighted by Gasteiger charge is -2.22. The second kappa shape index (κ2) is 4.89. The minimum Gasteiger partial charge on any atom is -0.497 e. The van der Waals surface area contributed by atoms with E-state index in [0.29, 0.717) is 0 Å². The summed E-state index contributed by atoms with van der Waals surface area (Å²) in [6.07, 6.45) is 3.61. The zero-order valence-corrected chi connectivity index (χ0v) is 12.0. The molecule has 0 bridgehead atoms. The number of aromatic amines is 1. The van der Waals surface area contributed by atoms with Gasteiger partial charge in [0.25, 0.3) is 0 Å². The van der Waals surface area contributed by atoms with Crippen molar-refractivity contribution in [3.63, 3.8) is 0 Å². The minimum atomic E-state index is 0.753. The summed E-state index contributed by atoms with van der Waals surface area (Å²) in [5.41, 5.74) is 5.49. The van der Waals surface area contributed by atoms with Crippen molar-refractivity contribution in [1.82, 2.24) is 10.3 Å². The fourth-order valence-corrected chi connectivity index (χ4v) is 3.31. The molecular weight excluding hydrogens is 236 g/mol. The van der Waals surface area contributed by atoms with Crippen molar-refractivity contribution >= 4 is 10.9 Å². The number of fused-ring (bicyclic) bond motifs is 3. The van der Waals surface area contributed by atoms with E-state index >= 15 is 0 Å². The van der Waals surface area contributed by atoms with Crippen molar-refractivity contribution in [3.05, 3.63) is 29.0 Å². The van der Waals surface area contributed by atoms with E-state index in [4.69, 9.17) is 4.74 Å². The predicted molar refractivity (Wildman–Crippen MR) is 79.0 cm³/mol. The van der Waals surface area contributed by atoms with Crippen LogP contribution in [-0.4, -0.2) is 25.7 Å². The molecule has 1 unspecified atom stereocenters. The molecule has 1 heterocycles. The molecule has 0 spiro atoms. The Labute approximate surface area is 114 Å². The minimum absolute atomic E-state index is 0.753.